The lowest BCUT2D eigenvalue weighted by molar-refractivity contribution is -0.00783. The van der Waals surface area contributed by atoms with Crippen LogP contribution in [0, 0.1) is 6.92 Å². The number of carbonyl (C=O) groups is 1. The summed E-state index contributed by atoms with van der Waals surface area (Å²) in [6, 6.07) is 2.57. The van der Waals surface area contributed by atoms with Gasteiger partial charge in [-0.3, -0.25) is 0 Å². The van der Waals surface area contributed by atoms with Gasteiger partial charge in [0.05, 0.1) is 12.8 Å². The molecule has 1 heterocycles. The molecule has 1 N–H and O–H groups in total. The Morgan fingerprint density at radius 3 is 2.60 bits per heavy atom. The van der Waals surface area contributed by atoms with Crippen LogP contribution in [-0.4, -0.2) is 30.8 Å². The van der Waals surface area contributed by atoms with Gasteiger partial charge in [-0.05, 0) is 41.4 Å². The Kier molecular flexibility index (Phi) is 4.14. The summed E-state index contributed by atoms with van der Waals surface area (Å²) in [5.74, 6) is 0.570. The first kappa shape index (κ1) is 15.0. The maximum Gasteiger partial charge on any atom is 0.344 e. The zero-order valence-electron chi connectivity index (χ0n) is 11.2. The number of methoxy groups -OCH3 is 1. The lowest BCUT2D eigenvalue weighted by Gasteiger charge is -2.19. The third-order valence-electron chi connectivity index (χ3n) is 3.06. The zero-order valence-corrected chi connectivity index (χ0v) is 12.7. The first-order valence-corrected chi connectivity index (χ1v) is 6.67. The number of hydrogen-bond donors (Lipinski definition) is 1. The molecule has 1 saturated heterocycles. The summed E-state index contributed by atoms with van der Waals surface area (Å²) >= 11 is 3.33. The molecule has 8 heteroatoms. The number of carbonyl (C=O) groups excluding carboxylic acids is 1. The van der Waals surface area contributed by atoms with E-state index in [0.29, 0.717) is 20.8 Å². The van der Waals surface area contributed by atoms with Crippen molar-refractivity contribution in [3.05, 3.63) is 22.2 Å². The Balaban J connectivity index is 2.40. The molecule has 5 nitrogen and oxygen atoms in total. The molecule has 0 saturated carbocycles. The summed E-state index contributed by atoms with van der Waals surface area (Å²) in [7, 11) is 1.51. The summed E-state index contributed by atoms with van der Waals surface area (Å²) in [5.41, 5.74) is 4.00. The zero-order chi connectivity index (χ0) is 15.0. The van der Waals surface area contributed by atoms with Gasteiger partial charge >= 0.3 is 12.6 Å². The van der Waals surface area contributed by atoms with Crippen molar-refractivity contribution >= 4 is 27.6 Å². The van der Waals surface area contributed by atoms with Crippen molar-refractivity contribution in [3.8, 4) is 5.75 Å². The van der Waals surface area contributed by atoms with E-state index in [-0.39, 0.29) is 0 Å². The van der Waals surface area contributed by atoms with Crippen molar-refractivity contribution in [2.75, 3.05) is 12.1 Å². The highest BCUT2D eigenvalue weighted by atomic mass is 79.9. The van der Waals surface area contributed by atoms with E-state index < -0.39 is 18.7 Å². The highest BCUT2D eigenvalue weighted by Gasteiger charge is 2.40. The quantitative estimate of drug-likeness (QED) is 0.853. The number of rotatable bonds is 3. The molecule has 1 fully saturated rings. The molecule has 1 unspecified atom stereocenters. The second kappa shape index (κ2) is 5.53. The van der Waals surface area contributed by atoms with Gasteiger partial charge in [-0.25, -0.2) is 20.1 Å². The van der Waals surface area contributed by atoms with Crippen LogP contribution >= 0.6 is 15.9 Å². The smallest absolute Gasteiger partial charge is 0.344 e. The van der Waals surface area contributed by atoms with E-state index in [9.17, 15) is 13.6 Å². The van der Waals surface area contributed by atoms with Gasteiger partial charge < -0.3 is 4.74 Å². The SMILES string of the molecule is COc1cc(N2NC(C)N(C(F)F)C2=O)c(Br)cc1C. The van der Waals surface area contributed by atoms with Gasteiger partial charge in [0.1, 0.15) is 11.9 Å². The summed E-state index contributed by atoms with van der Waals surface area (Å²) in [6.07, 6.45) is -0.790. The van der Waals surface area contributed by atoms with E-state index in [2.05, 4.69) is 21.4 Å². The third kappa shape index (κ3) is 2.45. The van der Waals surface area contributed by atoms with E-state index >= 15 is 0 Å². The van der Waals surface area contributed by atoms with Gasteiger partial charge in [0.15, 0.2) is 0 Å². The van der Waals surface area contributed by atoms with Crippen molar-refractivity contribution < 1.29 is 18.3 Å². The van der Waals surface area contributed by atoms with Crippen LogP contribution in [0.15, 0.2) is 16.6 Å². The minimum Gasteiger partial charge on any atom is -0.496 e. The van der Waals surface area contributed by atoms with Gasteiger partial charge in [-0.1, -0.05) is 0 Å². The largest absolute Gasteiger partial charge is 0.496 e. The molecule has 1 aromatic rings. The van der Waals surface area contributed by atoms with Crippen LogP contribution < -0.4 is 15.2 Å². The molecule has 2 rings (SSSR count). The molecule has 1 aliphatic rings. The molecule has 1 aliphatic heterocycles. The number of nitrogens with one attached hydrogen (secondary N) is 1. The number of alkyl halides is 2. The maximum atomic E-state index is 12.8. The lowest BCUT2D eigenvalue weighted by Crippen LogP contribution is -2.38. The molecule has 0 radical (unpaired) electrons. The summed E-state index contributed by atoms with van der Waals surface area (Å²) in [4.78, 5) is 12.5. The van der Waals surface area contributed by atoms with Crippen LogP contribution in [0.4, 0.5) is 19.3 Å². The van der Waals surface area contributed by atoms with Crippen molar-refractivity contribution in [1.82, 2.24) is 10.3 Å². The Bertz CT molecular complexity index is 542. The van der Waals surface area contributed by atoms with Crippen LogP contribution in [0.3, 0.4) is 0 Å². The molecule has 20 heavy (non-hydrogen) atoms. The molecule has 0 aromatic heterocycles. The number of hydrazine groups is 1. The Morgan fingerprint density at radius 1 is 1.45 bits per heavy atom. The topological polar surface area (TPSA) is 44.8 Å². The number of halogens is 3. The van der Waals surface area contributed by atoms with Crippen molar-refractivity contribution in [3.63, 3.8) is 0 Å². The van der Waals surface area contributed by atoms with E-state index in [4.69, 9.17) is 4.74 Å². The summed E-state index contributed by atoms with van der Waals surface area (Å²) in [5, 5.41) is 1.09. The Labute approximate surface area is 123 Å². The van der Waals surface area contributed by atoms with E-state index in [1.54, 1.807) is 12.1 Å². The van der Waals surface area contributed by atoms with Gasteiger partial charge in [0.25, 0.3) is 0 Å². The normalized spacial score (nSPS) is 19.1. The van der Waals surface area contributed by atoms with E-state index in [1.807, 2.05) is 6.92 Å². The average Bonchev–Trinajstić information content (AvgIpc) is 2.65. The average molecular weight is 350 g/mol. The van der Waals surface area contributed by atoms with Gasteiger partial charge in [-0.15, -0.1) is 0 Å². The number of anilines is 1. The Morgan fingerprint density at radius 2 is 2.10 bits per heavy atom. The molecular weight excluding hydrogens is 336 g/mol. The van der Waals surface area contributed by atoms with Crippen molar-refractivity contribution in [2.45, 2.75) is 26.6 Å². The fourth-order valence-electron chi connectivity index (χ4n) is 2.04. The number of nitrogens with zero attached hydrogens (tertiary/aromatic N) is 2. The standard InChI is InChI=1S/C12H14BrF2N3O2/c1-6-4-8(13)9(5-10(6)20-3)18-12(19)17(11(14)15)7(2)16-18/h4-5,7,11,16H,1-3H3. The predicted octanol–water partition coefficient (Wildman–Crippen LogP) is 3.08. The molecule has 2 amide bonds. The van der Waals surface area contributed by atoms with E-state index in [0.717, 1.165) is 10.6 Å². The fraction of sp³-hybridized carbons (Fsp3) is 0.417. The highest BCUT2D eigenvalue weighted by molar-refractivity contribution is 9.10. The van der Waals surface area contributed by atoms with Gasteiger partial charge in [0, 0.05) is 10.5 Å². The second-order valence-electron chi connectivity index (χ2n) is 4.38. The second-order valence-corrected chi connectivity index (χ2v) is 5.24. The first-order valence-electron chi connectivity index (χ1n) is 5.87. The molecule has 1 atom stereocenters. The highest BCUT2D eigenvalue weighted by Crippen LogP contribution is 2.35. The number of benzene rings is 1. The summed E-state index contributed by atoms with van der Waals surface area (Å²) < 4.78 is 31.5. The minimum atomic E-state index is -2.86. The lowest BCUT2D eigenvalue weighted by atomic mass is 10.2. The maximum absolute atomic E-state index is 12.8. The molecule has 1 aromatic carbocycles. The van der Waals surface area contributed by atoms with Crippen LogP contribution in [0.5, 0.6) is 5.75 Å². The molecule has 0 bridgehead atoms. The Hall–Kier alpha value is -1.41. The fourth-order valence-corrected chi connectivity index (χ4v) is 2.68. The number of hydrogen-bond acceptors (Lipinski definition) is 3. The number of amides is 2. The van der Waals surface area contributed by atoms with Crippen LogP contribution in [0.25, 0.3) is 0 Å². The third-order valence-corrected chi connectivity index (χ3v) is 3.70. The molecule has 110 valence electrons. The van der Waals surface area contributed by atoms with Gasteiger partial charge in [0.2, 0.25) is 0 Å². The van der Waals surface area contributed by atoms with Crippen molar-refractivity contribution in [2.24, 2.45) is 0 Å². The molecular formula is C12H14BrF2N3O2. The summed E-state index contributed by atoms with van der Waals surface area (Å²) in [6.45, 7) is 0.477. The number of ether oxygens (including phenoxy) is 1. The molecule has 0 spiro atoms. The number of urea groups is 1. The van der Waals surface area contributed by atoms with E-state index in [1.165, 1.54) is 14.0 Å². The number of aryl methyl sites for hydroxylation is 1. The van der Waals surface area contributed by atoms with Crippen LogP contribution in [-0.2, 0) is 0 Å². The van der Waals surface area contributed by atoms with Crippen LogP contribution in [0.1, 0.15) is 12.5 Å². The first-order chi connectivity index (χ1) is 9.36. The predicted molar refractivity (Wildman–Crippen MR) is 73.7 cm³/mol. The van der Waals surface area contributed by atoms with Gasteiger partial charge in [-0.2, -0.15) is 8.78 Å². The van der Waals surface area contributed by atoms with Crippen LogP contribution in [0.2, 0.25) is 0 Å². The van der Waals surface area contributed by atoms with Crippen molar-refractivity contribution in [1.29, 1.82) is 0 Å². The minimum absolute atomic E-state index is 0.424. The monoisotopic (exact) mass is 349 g/mol. The molecule has 0 aliphatic carbocycles.